The summed E-state index contributed by atoms with van der Waals surface area (Å²) in [7, 11) is 0. The second-order valence-electron chi connectivity index (χ2n) is 5.46. The monoisotopic (exact) mass is 239 g/mol. The first kappa shape index (κ1) is 13.7. The normalized spacial score (nSPS) is 20.2. The Bertz CT molecular complexity index is 317. The highest BCUT2D eigenvalue weighted by atomic mass is 16.6. The molecule has 0 spiro atoms. The van der Waals surface area contributed by atoms with Crippen molar-refractivity contribution in [2.75, 3.05) is 13.1 Å². The highest BCUT2D eigenvalue weighted by Crippen LogP contribution is 2.22. The fraction of sp³-hybridized carbons (Fsp3) is 0.692. The van der Waals surface area contributed by atoms with Crippen LogP contribution in [0.1, 0.15) is 33.6 Å². The summed E-state index contributed by atoms with van der Waals surface area (Å²) < 4.78 is 5.28. The number of carbonyl (C=O) groups excluding carboxylic acids is 2. The molecule has 1 aliphatic heterocycles. The summed E-state index contributed by atoms with van der Waals surface area (Å²) >= 11 is 0. The van der Waals surface area contributed by atoms with Crippen LogP contribution in [0.2, 0.25) is 0 Å². The number of hydrogen-bond acceptors (Lipinski definition) is 3. The third-order valence-corrected chi connectivity index (χ3v) is 2.66. The Labute approximate surface area is 103 Å². The van der Waals surface area contributed by atoms with Crippen LogP contribution < -0.4 is 0 Å². The molecule has 96 valence electrons. The molecule has 17 heavy (non-hydrogen) atoms. The molecule has 1 fully saturated rings. The molecule has 0 aromatic carbocycles. The molecule has 0 radical (unpaired) electrons. The van der Waals surface area contributed by atoms with Crippen LogP contribution in [0.25, 0.3) is 0 Å². The van der Waals surface area contributed by atoms with Crippen LogP contribution in [-0.4, -0.2) is 35.5 Å². The second-order valence-corrected chi connectivity index (χ2v) is 5.46. The number of likely N-dealkylation sites (tertiary alicyclic amines) is 1. The van der Waals surface area contributed by atoms with Crippen LogP contribution in [0.5, 0.6) is 0 Å². The maximum absolute atomic E-state index is 11.8. The molecule has 1 saturated heterocycles. The minimum absolute atomic E-state index is 0.0426. The van der Waals surface area contributed by atoms with Crippen molar-refractivity contribution >= 4 is 11.9 Å². The zero-order valence-electron chi connectivity index (χ0n) is 10.9. The lowest BCUT2D eigenvalue weighted by molar-refractivity contribution is -0.115. The van der Waals surface area contributed by atoms with Crippen molar-refractivity contribution in [2.45, 2.75) is 39.2 Å². The summed E-state index contributed by atoms with van der Waals surface area (Å²) in [5, 5.41) is 0. The number of rotatable bonds is 3. The van der Waals surface area contributed by atoms with E-state index < -0.39 is 5.60 Å². The number of ketones is 1. The molecule has 0 aromatic rings. The van der Waals surface area contributed by atoms with Gasteiger partial charge in [0.05, 0.1) is 0 Å². The molecule has 0 aliphatic carbocycles. The Morgan fingerprint density at radius 3 is 2.65 bits per heavy atom. The van der Waals surface area contributed by atoms with E-state index in [0.29, 0.717) is 19.5 Å². The first-order valence-electron chi connectivity index (χ1n) is 5.95. The third kappa shape index (κ3) is 4.59. The predicted molar refractivity (Wildman–Crippen MR) is 65.7 cm³/mol. The average Bonchev–Trinajstić information content (AvgIpc) is 2.63. The van der Waals surface area contributed by atoms with Gasteiger partial charge in [-0.15, -0.1) is 0 Å². The standard InChI is InChI=1S/C13H21NO3/c1-5-11(15)8-10-6-7-14(9-10)12(16)17-13(2,3)4/h5,10H,1,6-9H2,2-4H3/t10-/m0/s1. The van der Waals surface area contributed by atoms with Gasteiger partial charge in [0.25, 0.3) is 0 Å². The number of amides is 1. The highest BCUT2D eigenvalue weighted by molar-refractivity contribution is 5.89. The van der Waals surface area contributed by atoms with Crippen molar-refractivity contribution in [1.82, 2.24) is 4.90 Å². The molecule has 1 amide bonds. The number of allylic oxidation sites excluding steroid dienone is 1. The zero-order chi connectivity index (χ0) is 13.1. The fourth-order valence-electron chi connectivity index (χ4n) is 1.86. The van der Waals surface area contributed by atoms with E-state index in [-0.39, 0.29) is 17.8 Å². The van der Waals surface area contributed by atoms with E-state index in [1.54, 1.807) is 4.90 Å². The van der Waals surface area contributed by atoms with Crippen LogP contribution in [0, 0.1) is 5.92 Å². The van der Waals surface area contributed by atoms with E-state index >= 15 is 0 Å². The van der Waals surface area contributed by atoms with Crippen LogP contribution in [0.15, 0.2) is 12.7 Å². The number of nitrogens with zero attached hydrogens (tertiary/aromatic N) is 1. The van der Waals surface area contributed by atoms with E-state index in [1.807, 2.05) is 20.8 Å². The van der Waals surface area contributed by atoms with Gasteiger partial charge in [-0.1, -0.05) is 6.58 Å². The molecule has 1 rings (SSSR count). The Balaban J connectivity index is 2.42. The first-order chi connectivity index (χ1) is 7.81. The quantitative estimate of drug-likeness (QED) is 0.710. The third-order valence-electron chi connectivity index (χ3n) is 2.66. The van der Waals surface area contributed by atoms with Gasteiger partial charge in [0, 0.05) is 19.5 Å². The van der Waals surface area contributed by atoms with Gasteiger partial charge in [0.2, 0.25) is 0 Å². The minimum atomic E-state index is -0.466. The Kier molecular flexibility index (Phi) is 4.32. The molecule has 0 unspecified atom stereocenters. The molecule has 0 bridgehead atoms. The Hall–Kier alpha value is -1.32. The summed E-state index contributed by atoms with van der Waals surface area (Å²) in [5.41, 5.74) is -0.466. The number of hydrogen-bond donors (Lipinski definition) is 0. The van der Waals surface area contributed by atoms with Crippen LogP contribution in [-0.2, 0) is 9.53 Å². The van der Waals surface area contributed by atoms with Gasteiger partial charge in [-0.25, -0.2) is 4.79 Å². The molecule has 0 N–H and O–H groups in total. The van der Waals surface area contributed by atoms with Crippen molar-refractivity contribution in [3.05, 3.63) is 12.7 Å². The molecule has 4 heteroatoms. The van der Waals surface area contributed by atoms with E-state index in [4.69, 9.17) is 4.74 Å². The number of ether oxygens (including phenoxy) is 1. The minimum Gasteiger partial charge on any atom is -0.444 e. The summed E-state index contributed by atoms with van der Waals surface area (Å²) in [5.74, 6) is 0.286. The fourth-order valence-corrected chi connectivity index (χ4v) is 1.86. The number of carbonyl (C=O) groups is 2. The van der Waals surface area contributed by atoms with Crippen LogP contribution in [0.3, 0.4) is 0 Å². The molecular formula is C13H21NO3. The van der Waals surface area contributed by atoms with Crippen molar-refractivity contribution in [1.29, 1.82) is 0 Å². The molecule has 1 aliphatic rings. The van der Waals surface area contributed by atoms with Gasteiger partial charge in [-0.3, -0.25) is 4.79 Å². The van der Waals surface area contributed by atoms with Crippen LogP contribution >= 0.6 is 0 Å². The lowest BCUT2D eigenvalue weighted by Crippen LogP contribution is -2.35. The summed E-state index contributed by atoms with van der Waals surface area (Å²) in [4.78, 5) is 24.7. The Morgan fingerprint density at radius 2 is 2.12 bits per heavy atom. The largest absolute Gasteiger partial charge is 0.444 e. The molecule has 0 saturated carbocycles. The summed E-state index contributed by atoms with van der Waals surface area (Å²) in [6.45, 7) is 10.3. The lowest BCUT2D eigenvalue weighted by atomic mass is 10.0. The van der Waals surface area contributed by atoms with Gasteiger partial charge in [-0.05, 0) is 39.2 Å². The molecule has 1 heterocycles. The molecule has 1 atom stereocenters. The smallest absolute Gasteiger partial charge is 0.410 e. The first-order valence-corrected chi connectivity index (χ1v) is 5.95. The van der Waals surface area contributed by atoms with Crippen molar-refractivity contribution in [3.63, 3.8) is 0 Å². The maximum atomic E-state index is 11.8. The molecule has 4 nitrogen and oxygen atoms in total. The SMILES string of the molecule is C=CC(=O)C[C@@H]1CCN(C(=O)OC(C)(C)C)C1. The van der Waals surface area contributed by atoms with E-state index in [2.05, 4.69) is 6.58 Å². The van der Waals surface area contributed by atoms with Crippen molar-refractivity contribution < 1.29 is 14.3 Å². The van der Waals surface area contributed by atoms with Crippen LogP contribution in [0.4, 0.5) is 4.79 Å². The van der Waals surface area contributed by atoms with E-state index in [0.717, 1.165) is 6.42 Å². The van der Waals surface area contributed by atoms with Gasteiger partial charge < -0.3 is 9.64 Å². The predicted octanol–water partition coefficient (Wildman–Crippen LogP) is 2.39. The summed E-state index contributed by atoms with van der Waals surface area (Å²) in [6.07, 6.45) is 2.39. The van der Waals surface area contributed by atoms with E-state index in [9.17, 15) is 9.59 Å². The average molecular weight is 239 g/mol. The lowest BCUT2D eigenvalue weighted by Gasteiger charge is -2.24. The van der Waals surface area contributed by atoms with Gasteiger partial charge in [-0.2, -0.15) is 0 Å². The second kappa shape index (κ2) is 5.34. The van der Waals surface area contributed by atoms with Crippen molar-refractivity contribution in [2.24, 2.45) is 5.92 Å². The zero-order valence-corrected chi connectivity index (χ0v) is 10.9. The van der Waals surface area contributed by atoms with Crippen molar-refractivity contribution in [3.8, 4) is 0 Å². The van der Waals surface area contributed by atoms with Gasteiger partial charge in [0.15, 0.2) is 5.78 Å². The van der Waals surface area contributed by atoms with Gasteiger partial charge >= 0.3 is 6.09 Å². The molecular weight excluding hydrogens is 218 g/mol. The van der Waals surface area contributed by atoms with E-state index in [1.165, 1.54) is 6.08 Å². The summed E-state index contributed by atoms with van der Waals surface area (Å²) in [6, 6.07) is 0. The Morgan fingerprint density at radius 1 is 1.47 bits per heavy atom. The maximum Gasteiger partial charge on any atom is 0.410 e. The molecule has 0 aromatic heterocycles. The van der Waals surface area contributed by atoms with Gasteiger partial charge in [0.1, 0.15) is 5.60 Å². The topological polar surface area (TPSA) is 46.6 Å². The highest BCUT2D eigenvalue weighted by Gasteiger charge is 2.30.